The van der Waals surface area contributed by atoms with Crippen LogP contribution in [0.5, 0.6) is 0 Å². The Morgan fingerprint density at radius 1 is 0.329 bits per heavy atom. The summed E-state index contributed by atoms with van der Waals surface area (Å²) < 4.78 is 120. The Bertz CT molecular complexity index is 4580. The first-order chi connectivity index (χ1) is 38.7. The predicted octanol–water partition coefficient (Wildman–Crippen LogP) is 18.0. The monoisotopic (exact) mass is 912 g/mol. The summed E-state index contributed by atoms with van der Waals surface area (Å²) in [6, 6.07) is 51.9. The third kappa shape index (κ3) is 6.13. The lowest BCUT2D eigenvalue weighted by molar-refractivity contribution is 0.627. The highest BCUT2D eigenvalue weighted by atomic mass is 19.1. The third-order valence-corrected chi connectivity index (χ3v) is 13.5. The van der Waals surface area contributed by atoms with Gasteiger partial charge in [-0.05, 0) is 155 Å². The van der Waals surface area contributed by atoms with Gasteiger partial charge >= 0.3 is 0 Å². The number of anilines is 6. The maximum absolute atomic E-state index is 14.9. The van der Waals surface area contributed by atoms with Gasteiger partial charge in [0, 0.05) is 66.4 Å². The molecule has 0 aliphatic heterocycles. The van der Waals surface area contributed by atoms with Crippen molar-refractivity contribution < 1.29 is 22.5 Å². The number of hydrogen-bond acceptors (Lipinski definition) is 2. The molecule has 0 amide bonds. The molecule has 0 bridgehead atoms. The van der Waals surface area contributed by atoms with E-state index in [1.54, 1.807) is 33.4 Å². The van der Waals surface area contributed by atoms with Crippen molar-refractivity contribution in [3.05, 3.63) is 254 Å². The lowest BCUT2D eigenvalue weighted by Gasteiger charge is -2.29. The number of para-hydroxylation sites is 4. The van der Waals surface area contributed by atoms with Crippen molar-refractivity contribution in [3.8, 4) is 11.4 Å². The van der Waals surface area contributed by atoms with Crippen LogP contribution in [-0.2, 0) is 0 Å². The fraction of sp³-hybridized carbons (Fsp3) is 0. The quantitative estimate of drug-likeness (QED) is 0.141. The number of hydrogen-bond donors (Lipinski definition) is 0. The molecular formula is C64H40F2N4. The summed E-state index contributed by atoms with van der Waals surface area (Å²) in [7, 11) is 0. The van der Waals surface area contributed by atoms with Crippen LogP contribution in [0.2, 0.25) is 0 Å². The summed E-state index contributed by atoms with van der Waals surface area (Å²) in [5.41, 5.74) is 6.97. The molecule has 330 valence electrons. The Morgan fingerprint density at radius 3 is 1.13 bits per heavy atom. The Morgan fingerprint density at radius 2 is 0.700 bits per heavy atom. The minimum Gasteiger partial charge on any atom is -0.310 e. The molecule has 12 aromatic carbocycles. The van der Waals surface area contributed by atoms with Gasteiger partial charge < -0.3 is 18.9 Å². The average molecular weight is 913 g/mol. The number of rotatable bonds is 8. The topological polar surface area (TPSA) is 16.3 Å². The second kappa shape index (κ2) is 15.7. The first-order valence-electron chi connectivity index (χ1n) is 27.7. The standard InChI is InChI=1S/C64H40F2N4/c65-43-23-27-47(28-24-43)67(49-31-37-61-55(39-49)51-15-7-9-17-57(51)69(61)45-11-3-1-4-12-45)59-35-21-41-20-34-54-60(36-22-42-19-33-53(59)63(41)64(42)54)68(48-29-25-44(66)26-30-48)50-32-38-62-56(40-50)52-16-8-10-18-58(52)70(62)46-13-5-2-6-14-46/h1-40H/i1D,2D,3D,4D,5D,6D,11D,12D,13D,14D. The van der Waals surface area contributed by atoms with Crippen molar-refractivity contribution in [2.45, 2.75) is 0 Å². The summed E-state index contributed by atoms with van der Waals surface area (Å²) in [5.74, 6) is -0.808. The molecule has 6 heteroatoms. The molecule has 14 aromatic rings. The van der Waals surface area contributed by atoms with E-state index in [-0.39, 0.29) is 35.5 Å². The van der Waals surface area contributed by atoms with E-state index in [9.17, 15) is 8.78 Å². The van der Waals surface area contributed by atoms with Crippen LogP contribution in [0, 0.1) is 11.6 Å². The lowest BCUT2D eigenvalue weighted by Crippen LogP contribution is -2.11. The van der Waals surface area contributed by atoms with Crippen LogP contribution in [0.4, 0.5) is 42.9 Å². The second-order valence-electron chi connectivity index (χ2n) is 17.3. The highest BCUT2D eigenvalue weighted by Gasteiger charge is 2.24. The van der Waals surface area contributed by atoms with Gasteiger partial charge in [-0.2, -0.15) is 0 Å². The molecule has 0 saturated heterocycles. The summed E-state index contributed by atoms with van der Waals surface area (Å²) in [5, 5.41) is 8.73. The van der Waals surface area contributed by atoms with Crippen LogP contribution in [0.15, 0.2) is 242 Å². The molecule has 0 spiro atoms. The van der Waals surface area contributed by atoms with Gasteiger partial charge in [-0.25, -0.2) is 8.78 Å². The van der Waals surface area contributed by atoms with E-state index in [2.05, 4.69) is 46.2 Å². The highest BCUT2D eigenvalue weighted by Crippen LogP contribution is 2.49. The molecule has 14 rings (SSSR count). The van der Waals surface area contributed by atoms with Crippen molar-refractivity contribution in [2.24, 2.45) is 0 Å². The highest BCUT2D eigenvalue weighted by molar-refractivity contribution is 6.28. The zero-order chi connectivity index (χ0) is 55.2. The summed E-state index contributed by atoms with van der Waals surface area (Å²) >= 11 is 0. The van der Waals surface area contributed by atoms with Gasteiger partial charge in [-0.15, -0.1) is 0 Å². The van der Waals surface area contributed by atoms with Gasteiger partial charge in [-0.3, -0.25) is 0 Å². The minimum absolute atomic E-state index is 0.0368. The van der Waals surface area contributed by atoms with Gasteiger partial charge in [0.1, 0.15) is 11.6 Å². The molecule has 0 saturated carbocycles. The number of aromatic nitrogens is 2. The summed E-state index contributed by atoms with van der Waals surface area (Å²) in [6.45, 7) is 0. The van der Waals surface area contributed by atoms with E-state index < -0.39 is 47.9 Å². The maximum Gasteiger partial charge on any atom is 0.123 e. The number of benzene rings is 12. The van der Waals surface area contributed by atoms with E-state index >= 15 is 0 Å². The fourth-order valence-electron chi connectivity index (χ4n) is 10.6. The number of halogens is 2. The smallest absolute Gasteiger partial charge is 0.123 e. The van der Waals surface area contributed by atoms with Crippen molar-refractivity contribution >= 4 is 110 Å². The predicted molar refractivity (Wildman–Crippen MR) is 288 cm³/mol. The molecular weight excluding hydrogens is 863 g/mol. The van der Waals surface area contributed by atoms with Crippen LogP contribution in [0.25, 0.3) is 87.3 Å². The molecule has 0 N–H and O–H groups in total. The molecule has 2 aromatic heterocycles. The first-order valence-corrected chi connectivity index (χ1v) is 22.7. The van der Waals surface area contributed by atoms with E-state index in [1.165, 1.54) is 24.3 Å². The molecule has 70 heavy (non-hydrogen) atoms. The molecule has 0 aliphatic rings. The summed E-state index contributed by atoms with van der Waals surface area (Å²) in [6.07, 6.45) is 0. The molecule has 0 unspecified atom stereocenters. The van der Waals surface area contributed by atoms with Gasteiger partial charge in [0.15, 0.2) is 0 Å². The fourth-order valence-corrected chi connectivity index (χ4v) is 10.6. The molecule has 2 heterocycles. The van der Waals surface area contributed by atoms with Gasteiger partial charge in [0.25, 0.3) is 0 Å². The molecule has 0 aliphatic carbocycles. The molecule has 0 atom stereocenters. The van der Waals surface area contributed by atoms with Gasteiger partial charge in [0.2, 0.25) is 0 Å². The van der Waals surface area contributed by atoms with Crippen molar-refractivity contribution in [1.29, 1.82) is 0 Å². The number of fused-ring (bicyclic) bond motifs is 6. The summed E-state index contributed by atoms with van der Waals surface area (Å²) in [4.78, 5) is 4.15. The lowest BCUT2D eigenvalue weighted by atomic mass is 9.91. The van der Waals surface area contributed by atoms with Crippen LogP contribution >= 0.6 is 0 Å². The average Bonchev–Trinajstić information content (AvgIpc) is 4.17. The zero-order valence-corrected chi connectivity index (χ0v) is 36.9. The van der Waals surface area contributed by atoms with E-state index in [0.717, 1.165) is 76.6 Å². The second-order valence-corrected chi connectivity index (χ2v) is 17.3. The molecule has 0 fully saturated rings. The Hall–Kier alpha value is -9.26. The van der Waals surface area contributed by atoms with Crippen LogP contribution in [-0.4, -0.2) is 9.13 Å². The maximum atomic E-state index is 14.9. The van der Waals surface area contributed by atoms with Crippen LogP contribution < -0.4 is 9.80 Å². The van der Waals surface area contributed by atoms with Crippen LogP contribution in [0.1, 0.15) is 13.7 Å². The van der Waals surface area contributed by atoms with Crippen LogP contribution in [0.3, 0.4) is 0 Å². The normalized spacial score (nSPS) is 13.9. The SMILES string of the molecule is [2H]c1c([2H])c([2H])c(-n2c3ccccc3c3cc(N(c4ccc(F)cc4)c4ccc5ccc6c(N(c7ccc(F)cc7)c7ccc8c(c7)c7ccccc7n8-c7c([2H])c([2H])c([2H])c([2H])c7[2H])ccc7ccc4c5c76)ccc32)c([2H])c1[2H]. The van der Waals surface area contributed by atoms with Gasteiger partial charge in [-0.1, -0.05) is 109 Å². The zero-order valence-electron chi connectivity index (χ0n) is 46.9. The Balaban J connectivity index is 0.981. The van der Waals surface area contributed by atoms with Crippen molar-refractivity contribution in [3.63, 3.8) is 0 Å². The van der Waals surface area contributed by atoms with Gasteiger partial charge in [0.05, 0.1) is 47.1 Å². The van der Waals surface area contributed by atoms with E-state index in [4.69, 9.17) is 13.7 Å². The largest absolute Gasteiger partial charge is 0.310 e. The van der Waals surface area contributed by atoms with Crippen molar-refractivity contribution in [1.82, 2.24) is 9.13 Å². The number of nitrogens with zero attached hydrogens (tertiary/aromatic N) is 4. The van der Waals surface area contributed by atoms with E-state index in [1.807, 2.05) is 97.1 Å². The first kappa shape index (κ1) is 30.9. The Labute approximate surface area is 415 Å². The van der Waals surface area contributed by atoms with Crippen molar-refractivity contribution in [2.75, 3.05) is 9.80 Å². The Kier molecular flexibility index (Phi) is 6.91. The molecule has 0 radical (unpaired) electrons. The third-order valence-electron chi connectivity index (χ3n) is 13.5. The molecule has 4 nitrogen and oxygen atoms in total. The van der Waals surface area contributed by atoms with E-state index in [0.29, 0.717) is 33.4 Å². The minimum atomic E-state index is -0.478.